The third kappa shape index (κ3) is 7.52. The molecule has 5 rings (SSSR count). The molecular weight excluding hydrogens is 620 g/mol. The van der Waals surface area contributed by atoms with Crippen LogP contribution >= 0.6 is 11.6 Å². The number of nitrogens with zero attached hydrogens (tertiary/aromatic N) is 2. The Hall–Kier alpha value is -3.84. The molecule has 2 amide bonds. The number of sulfonamides is 1. The maximum absolute atomic E-state index is 14.3. The van der Waals surface area contributed by atoms with Gasteiger partial charge in [0.25, 0.3) is 11.8 Å². The molecule has 2 aliphatic rings. The first-order valence-corrected chi connectivity index (χ1v) is 16.9. The van der Waals surface area contributed by atoms with E-state index >= 15 is 0 Å². The predicted molar refractivity (Wildman–Crippen MR) is 166 cm³/mol. The number of benzene rings is 2. The monoisotopic (exact) mass is 654 g/mol. The molecule has 1 aliphatic carbocycles. The van der Waals surface area contributed by atoms with Crippen molar-refractivity contribution in [3.63, 3.8) is 0 Å². The van der Waals surface area contributed by atoms with Crippen LogP contribution < -0.4 is 10.2 Å². The molecule has 1 fully saturated rings. The molecule has 1 saturated carbocycles. The maximum atomic E-state index is 14.3. The number of carbonyl (C=O) groups excluding carboxylic acids is 3. The summed E-state index contributed by atoms with van der Waals surface area (Å²) in [5, 5.41) is 0.272. The number of esters is 1. The van der Waals surface area contributed by atoms with E-state index in [4.69, 9.17) is 21.2 Å². The molecule has 2 aromatic carbocycles. The zero-order chi connectivity index (χ0) is 32.1. The fourth-order valence-electron chi connectivity index (χ4n) is 6.26. The number of methoxy groups -OCH3 is 1. The van der Waals surface area contributed by atoms with Crippen molar-refractivity contribution in [1.29, 1.82) is 0 Å². The van der Waals surface area contributed by atoms with E-state index in [1.54, 1.807) is 65.7 Å². The first kappa shape index (κ1) is 32.6. The second-order valence-electron chi connectivity index (χ2n) is 11.3. The minimum absolute atomic E-state index is 0.0465. The Morgan fingerprint density at radius 1 is 1.02 bits per heavy atom. The SMILES string of the molecule is COC(=O)Cc1ccc(CONC(=O)[C@@H]2c3ccccc3C(=O)N([C@H]3CCCC[C@@H]3NS(C)(=O)=O)[C@H]2c2ccncc2Cl)cc1. The Kier molecular flexibility index (Phi) is 10.2. The number of hydroxylamine groups is 1. The summed E-state index contributed by atoms with van der Waals surface area (Å²) in [4.78, 5) is 51.4. The molecule has 13 heteroatoms. The highest BCUT2D eigenvalue weighted by molar-refractivity contribution is 7.88. The zero-order valence-corrected chi connectivity index (χ0v) is 26.5. The lowest BCUT2D eigenvalue weighted by Gasteiger charge is -2.49. The summed E-state index contributed by atoms with van der Waals surface area (Å²) in [7, 11) is -2.25. The Morgan fingerprint density at radius 3 is 2.44 bits per heavy atom. The topological polar surface area (TPSA) is 144 Å². The fraction of sp³-hybridized carbons (Fsp3) is 0.375. The van der Waals surface area contributed by atoms with Crippen LogP contribution in [0.25, 0.3) is 0 Å². The molecular formula is C32H35ClN4O7S. The number of fused-ring (bicyclic) bond motifs is 1. The average Bonchev–Trinajstić information content (AvgIpc) is 3.02. The first-order chi connectivity index (χ1) is 21.6. The van der Waals surface area contributed by atoms with Crippen LogP contribution in [0.4, 0.5) is 0 Å². The third-order valence-corrected chi connectivity index (χ3v) is 9.29. The Balaban J connectivity index is 1.48. The van der Waals surface area contributed by atoms with Gasteiger partial charge in [-0.1, -0.05) is 66.9 Å². The lowest BCUT2D eigenvalue weighted by atomic mass is 9.76. The summed E-state index contributed by atoms with van der Waals surface area (Å²) in [5.41, 5.74) is 5.49. The van der Waals surface area contributed by atoms with Crippen LogP contribution in [0.15, 0.2) is 67.0 Å². The minimum atomic E-state index is -3.59. The van der Waals surface area contributed by atoms with E-state index in [1.807, 2.05) is 0 Å². The van der Waals surface area contributed by atoms with Crippen LogP contribution in [0.3, 0.4) is 0 Å². The summed E-state index contributed by atoms with van der Waals surface area (Å²) >= 11 is 6.68. The Labute approximate surface area is 267 Å². The van der Waals surface area contributed by atoms with Crippen LogP contribution in [-0.4, -0.2) is 61.5 Å². The van der Waals surface area contributed by atoms with Crippen LogP contribution in [0.5, 0.6) is 0 Å². The number of aromatic nitrogens is 1. The number of pyridine rings is 1. The second kappa shape index (κ2) is 14.1. The van der Waals surface area contributed by atoms with Gasteiger partial charge in [-0.25, -0.2) is 18.6 Å². The number of hydrogen-bond acceptors (Lipinski definition) is 8. The van der Waals surface area contributed by atoms with Crippen molar-refractivity contribution >= 4 is 39.4 Å². The number of rotatable bonds is 10. The zero-order valence-electron chi connectivity index (χ0n) is 24.9. The van der Waals surface area contributed by atoms with E-state index in [2.05, 4.69) is 15.2 Å². The molecule has 3 aromatic rings. The summed E-state index contributed by atoms with van der Waals surface area (Å²) in [5.74, 6) is -2.10. The first-order valence-electron chi connectivity index (χ1n) is 14.6. The van der Waals surface area contributed by atoms with Crippen molar-refractivity contribution in [2.24, 2.45) is 0 Å². The summed E-state index contributed by atoms with van der Waals surface area (Å²) in [6.07, 6.45) is 6.91. The van der Waals surface area contributed by atoms with Gasteiger partial charge >= 0.3 is 5.97 Å². The van der Waals surface area contributed by atoms with Crippen LogP contribution in [-0.2, 0) is 42.2 Å². The van der Waals surface area contributed by atoms with Crippen molar-refractivity contribution in [1.82, 2.24) is 20.1 Å². The minimum Gasteiger partial charge on any atom is -0.469 e. The highest BCUT2D eigenvalue weighted by atomic mass is 35.5. The molecule has 4 atom stereocenters. The van der Waals surface area contributed by atoms with Gasteiger partial charge < -0.3 is 9.64 Å². The standard InChI is InChI=1S/C32H35ClN4O7S/c1-43-28(38)17-20-11-13-21(14-12-20)19-44-35-31(39)29-22-7-3-4-8-23(22)32(40)37(30(29)24-15-16-34-18-25(24)33)27-10-6-5-9-26(27)36-45(2,41)42/h3-4,7-8,11-16,18,26-27,29-30,36H,5-6,9-10,17,19H2,1-2H3,(H,35,39)/t26-,27-,29+,30-/m0/s1. The molecule has 0 saturated heterocycles. The van der Waals surface area contributed by atoms with Crippen LogP contribution in [0.1, 0.15) is 70.3 Å². The van der Waals surface area contributed by atoms with Gasteiger partial charge in [-0.2, -0.15) is 0 Å². The average molecular weight is 655 g/mol. The smallest absolute Gasteiger partial charge is 0.309 e. The molecule has 0 radical (unpaired) electrons. The molecule has 0 bridgehead atoms. The number of hydrogen-bond donors (Lipinski definition) is 2. The highest BCUT2D eigenvalue weighted by Crippen LogP contribution is 2.47. The number of nitrogens with one attached hydrogen (secondary N) is 2. The number of carbonyl (C=O) groups is 3. The molecule has 1 aromatic heterocycles. The van der Waals surface area contributed by atoms with E-state index in [0.29, 0.717) is 29.5 Å². The van der Waals surface area contributed by atoms with Gasteiger partial charge in [-0.15, -0.1) is 0 Å². The summed E-state index contributed by atoms with van der Waals surface area (Å²) < 4.78 is 32.2. The lowest BCUT2D eigenvalue weighted by Crippen LogP contribution is -2.59. The van der Waals surface area contributed by atoms with Gasteiger partial charge in [-0.05, 0) is 47.2 Å². The summed E-state index contributed by atoms with van der Waals surface area (Å²) in [6.45, 7) is 0.0465. The van der Waals surface area contributed by atoms with Gasteiger partial charge in [0.1, 0.15) is 0 Å². The van der Waals surface area contributed by atoms with E-state index in [9.17, 15) is 22.8 Å². The molecule has 11 nitrogen and oxygen atoms in total. The quantitative estimate of drug-likeness (QED) is 0.248. The van der Waals surface area contributed by atoms with Gasteiger partial charge in [0, 0.05) is 30.0 Å². The molecule has 238 valence electrons. The van der Waals surface area contributed by atoms with E-state index in [0.717, 1.165) is 30.2 Å². The van der Waals surface area contributed by atoms with Gasteiger partial charge in [0.05, 0.1) is 43.4 Å². The molecule has 1 aliphatic heterocycles. The molecule has 2 heterocycles. The Morgan fingerprint density at radius 2 is 1.73 bits per heavy atom. The maximum Gasteiger partial charge on any atom is 0.309 e. The number of ether oxygens (including phenoxy) is 1. The molecule has 45 heavy (non-hydrogen) atoms. The van der Waals surface area contributed by atoms with Gasteiger partial charge in [-0.3, -0.25) is 24.2 Å². The fourth-order valence-corrected chi connectivity index (χ4v) is 7.31. The van der Waals surface area contributed by atoms with Crippen molar-refractivity contribution in [2.45, 2.75) is 62.8 Å². The van der Waals surface area contributed by atoms with Crippen molar-refractivity contribution in [3.05, 3.63) is 99.8 Å². The summed E-state index contributed by atoms with van der Waals surface area (Å²) in [6, 6.07) is 13.8. The third-order valence-electron chi connectivity index (χ3n) is 8.24. The number of amides is 2. The lowest BCUT2D eigenvalue weighted by molar-refractivity contribution is -0.140. The largest absolute Gasteiger partial charge is 0.469 e. The van der Waals surface area contributed by atoms with Crippen LogP contribution in [0, 0.1) is 0 Å². The van der Waals surface area contributed by atoms with Crippen molar-refractivity contribution < 1.29 is 32.4 Å². The predicted octanol–water partition coefficient (Wildman–Crippen LogP) is 3.84. The highest BCUT2D eigenvalue weighted by Gasteiger charge is 2.49. The second-order valence-corrected chi connectivity index (χ2v) is 13.5. The van der Waals surface area contributed by atoms with E-state index < -0.39 is 40.0 Å². The number of halogens is 1. The Bertz CT molecular complexity index is 1670. The van der Waals surface area contributed by atoms with Gasteiger partial charge in [0.2, 0.25) is 10.0 Å². The molecule has 2 N–H and O–H groups in total. The van der Waals surface area contributed by atoms with E-state index in [1.165, 1.54) is 13.3 Å². The molecule has 0 unspecified atom stereocenters. The molecule has 0 spiro atoms. The van der Waals surface area contributed by atoms with Gasteiger partial charge in [0.15, 0.2) is 0 Å². The van der Waals surface area contributed by atoms with Crippen LogP contribution in [0.2, 0.25) is 5.02 Å². The van der Waals surface area contributed by atoms with Crippen molar-refractivity contribution in [2.75, 3.05) is 13.4 Å². The van der Waals surface area contributed by atoms with Crippen molar-refractivity contribution in [3.8, 4) is 0 Å². The normalized spacial score (nSPS) is 21.6. The van der Waals surface area contributed by atoms with E-state index in [-0.39, 0.29) is 29.9 Å².